The van der Waals surface area contributed by atoms with Crippen LogP contribution in [0.4, 0.5) is 13.2 Å². The number of hydrogen-bond donors (Lipinski definition) is 0. The molecule has 1 aliphatic carbocycles. The summed E-state index contributed by atoms with van der Waals surface area (Å²) in [6.07, 6.45) is 3.06. The lowest BCUT2D eigenvalue weighted by molar-refractivity contribution is -0.137. The summed E-state index contributed by atoms with van der Waals surface area (Å²) in [4.78, 5) is 4.30. The second kappa shape index (κ2) is 5.54. The monoisotopic (exact) mass is 295 g/mol. The highest BCUT2D eigenvalue weighted by Gasteiger charge is 2.30. The Morgan fingerprint density at radius 1 is 1.00 bits per heavy atom. The Hall–Kier alpha value is -1.78. The molecule has 1 aliphatic rings. The van der Waals surface area contributed by atoms with Crippen LogP contribution in [0.1, 0.15) is 49.5 Å². The Balaban J connectivity index is 1.79. The van der Waals surface area contributed by atoms with Gasteiger partial charge in [-0.05, 0) is 25.0 Å². The van der Waals surface area contributed by atoms with E-state index in [0.717, 1.165) is 25.0 Å². The van der Waals surface area contributed by atoms with Gasteiger partial charge in [-0.1, -0.05) is 31.4 Å². The molecule has 112 valence electrons. The van der Waals surface area contributed by atoms with Crippen LogP contribution in [0.5, 0.6) is 0 Å². The van der Waals surface area contributed by atoms with Crippen LogP contribution in [0, 0.1) is 0 Å². The Kier molecular flexibility index (Phi) is 3.74. The number of benzene rings is 1. The number of oxazole rings is 1. The van der Waals surface area contributed by atoms with Gasteiger partial charge in [0.1, 0.15) is 0 Å². The van der Waals surface area contributed by atoms with Gasteiger partial charge in [0.2, 0.25) is 0 Å². The molecule has 1 aromatic heterocycles. The zero-order chi connectivity index (χ0) is 14.9. The number of rotatable bonds is 2. The molecule has 1 aromatic carbocycles. The molecule has 21 heavy (non-hydrogen) atoms. The molecule has 0 amide bonds. The smallest absolute Gasteiger partial charge is 0.416 e. The van der Waals surface area contributed by atoms with E-state index in [0.29, 0.717) is 23.1 Å². The molecule has 1 saturated carbocycles. The van der Waals surface area contributed by atoms with Crippen molar-refractivity contribution in [3.05, 3.63) is 41.9 Å². The average molecular weight is 295 g/mol. The van der Waals surface area contributed by atoms with Crippen molar-refractivity contribution in [1.82, 2.24) is 4.98 Å². The van der Waals surface area contributed by atoms with Crippen LogP contribution in [0.3, 0.4) is 0 Å². The predicted octanol–water partition coefficient (Wildman–Crippen LogP) is 5.41. The fourth-order valence-corrected chi connectivity index (χ4v) is 2.78. The summed E-state index contributed by atoms with van der Waals surface area (Å²) >= 11 is 0. The summed E-state index contributed by atoms with van der Waals surface area (Å²) in [6, 6.07) is 4.98. The van der Waals surface area contributed by atoms with Crippen LogP contribution in [0.2, 0.25) is 0 Å². The van der Waals surface area contributed by atoms with Gasteiger partial charge in [0, 0.05) is 11.5 Å². The van der Waals surface area contributed by atoms with Crippen molar-refractivity contribution in [3.63, 3.8) is 0 Å². The molecule has 3 rings (SSSR count). The molecule has 0 radical (unpaired) electrons. The van der Waals surface area contributed by atoms with Crippen molar-refractivity contribution < 1.29 is 17.6 Å². The molecule has 0 saturated heterocycles. The second-order valence-corrected chi connectivity index (χ2v) is 5.47. The number of hydrogen-bond acceptors (Lipinski definition) is 2. The molecule has 0 atom stereocenters. The minimum Gasteiger partial charge on any atom is -0.440 e. The Labute approximate surface area is 121 Å². The largest absolute Gasteiger partial charge is 0.440 e. The zero-order valence-electron chi connectivity index (χ0n) is 11.5. The topological polar surface area (TPSA) is 26.0 Å². The molecule has 0 aliphatic heterocycles. The molecular formula is C16H16F3NO. The normalized spacial score (nSPS) is 17.1. The summed E-state index contributed by atoms with van der Waals surface area (Å²) in [5.41, 5.74) is -0.0316. The fourth-order valence-electron chi connectivity index (χ4n) is 2.78. The third-order valence-electron chi connectivity index (χ3n) is 3.97. The van der Waals surface area contributed by atoms with E-state index in [9.17, 15) is 13.2 Å². The van der Waals surface area contributed by atoms with Gasteiger partial charge < -0.3 is 4.42 Å². The van der Waals surface area contributed by atoms with Crippen LogP contribution in [0.15, 0.2) is 34.9 Å². The number of halogens is 3. The fraction of sp³-hybridized carbons (Fsp3) is 0.438. The summed E-state index contributed by atoms with van der Waals surface area (Å²) in [7, 11) is 0. The van der Waals surface area contributed by atoms with Crippen LogP contribution >= 0.6 is 0 Å². The lowest BCUT2D eigenvalue weighted by Crippen LogP contribution is -2.04. The van der Waals surface area contributed by atoms with Crippen LogP contribution in [0.25, 0.3) is 11.3 Å². The average Bonchev–Trinajstić information content (AvgIpc) is 2.97. The maximum atomic E-state index is 12.5. The molecule has 0 unspecified atom stereocenters. The number of alkyl halides is 3. The zero-order valence-corrected chi connectivity index (χ0v) is 11.5. The van der Waals surface area contributed by atoms with Gasteiger partial charge in [0.05, 0.1) is 11.8 Å². The standard InChI is InChI=1S/C16H16F3NO/c17-16(18,19)13-8-6-11(7-9-13)14-10-20-15(21-14)12-4-2-1-3-5-12/h6-10,12H,1-5H2. The van der Waals surface area contributed by atoms with Crippen molar-refractivity contribution >= 4 is 0 Å². The summed E-state index contributed by atoms with van der Waals surface area (Å²) in [5.74, 6) is 1.59. The van der Waals surface area contributed by atoms with E-state index in [1.807, 2.05) is 0 Å². The Bertz CT molecular complexity index is 595. The molecule has 2 aromatic rings. The van der Waals surface area contributed by atoms with Crippen LogP contribution in [-0.2, 0) is 6.18 Å². The number of nitrogens with zero attached hydrogens (tertiary/aromatic N) is 1. The minimum atomic E-state index is -4.31. The maximum Gasteiger partial charge on any atom is 0.416 e. The van der Waals surface area contributed by atoms with E-state index >= 15 is 0 Å². The van der Waals surface area contributed by atoms with Gasteiger partial charge in [-0.25, -0.2) is 4.98 Å². The van der Waals surface area contributed by atoms with E-state index in [1.165, 1.54) is 31.4 Å². The van der Waals surface area contributed by atoms with Crippen molar-refractivity contribution in [3.8, 4) is 11.3 Å². The quantitative estimate of drug-likeness (QED) is 0.740. The van der Waals surface area contributed by atoms with E-state index in [2.05, 4.69) is 4.98 Å². The predicted molar refractivity (Wildman–Crippen MR) is 72.8 cm³/mol. The van der Waals surface area contributed by atoms with E-state index < -0.39 is 11.7 Å². The van der Waals surface area contributed by atoms with Gasteiger partial charge in [0.25, 0.3) is 0 Å². The van der Waals surface area contributed by atoms with Gasteiger partial charge >= 0.3 is 6.18 Å². The third kappa shape index (κ3) is 3.12. The van der Waals surface area contributed by atoms with Crippen molar-refractivity contribution in [2.45, 2.75) is 44.2 Å². The summed E-state index contributed by atoms with van der Waals surface area (Å²) < 4.78 is 43.3. The molecular weight excluding hydrogens is 279 g/mol. The highest BCUT2D eigenvalue weighted by molar-refractivity contribution is 5.56. The van der Waals surface area contributed by atoms with E-state index in [4.69, 9.17) is 4.42 Å². The van der Waals surface area contributed by atoms with Gasteiger partial charge in [-0.15, -0.1) is 0 Å². The second-order valence-electron chi connectivity index (χ2n) is 5.47. The van der Waals surface area contributed by atoms with Crippen molar-refractivity contribution in [2.24, 2.45) is 0 Å². The Morgan fingerprint density at radius 3 is 2.29 bits per heavy atom. The first-order chi connectivity index (χ1) is 10.0. The van der Waals surface area contributed by atoms with E-state index in [-0.39, 0.29) is 0 Å². The van der Waals surface area contributed by atoms with Crippen molar-refractivity contribution in [1.29, 1.82) is 0 Å². The molecule has 2 nitrogen and oxygen atoms in total. The molecule has 1 heterocycles. The molecule has 0 N–H and O–H groups in total. The van der Waals surface area contributed by atoms with Crippen molar-refractivity contribution in [2.75, 3.05) is 0 Å². The maximum absolute atomic E-state index is 12.5. The SMILES string of the molecule is FC(F)(F)c1ccc(-c2cnc(C3CCCCC3)o2)cc1. The first kappa shape index (κ1) is 14.2. The van der Waals surface area contributed by atoms with Crippen LogP contribution < -0.4 is 0 Å². The Morgan fingerprint density at radius 2 is 1.67 bits per heavy atom. The molecule has 0 spiro atoms. The lowest BCUT2D eigenvalue weighted by Gasteiger charge is -2.17. The first-order valence-corrected chi connectivity index (χ1v) is 7.17. The van der Waals surface area contributed by atoms with E-state index in [1.54, 1.807) is 6.20 Å². The lowest BCUT2D eigenvalue weighted by atomic mass is 9.89. The van der Waals surface area contributed by atoms with Gasteiger partial charge in [-0.3, -0.25) is 0 Å². The molecule has 5 heteroatoms. The van der Waals surface area contributed by atoms with Gasteiger partial charge in [-0.2, -0.15) is 13.2 Å². The number of aromatic nitrogens is 1. The van der Waals surface area contributed by atoms with Crippen LogP contribution in [-0.4, -0.2) is 4.98 Å². The highest BCUT2D eigenvalue weighted by Crippen LogP contribution is 2.35. The summed E-state index contributed by atoms with van der Waals surface area (Å²) in [5, 5.41) is 0. The van der Waals surface area contributed by atoms with Gasteiger partial charge in [0.15, 0.2) is 11.7 Å². The molecule has 0 bridgehead atoms. The summed E-state index contributed by atoms with van der Waals surface area (Å²) in [6.45, 7) is 0. The third-order valence-corrected chi connectivity index (χ3v) is 3.97. The highest BCUT2D eigenvalue weighted by atomic mass is 19.4. The first-order valence-electron chi connectivity index (χ1n) is 7.17. The minimum absolute atomic E-state index is 0.349. The molecule has 1 fully saturated rings.